The predicted molar refractivity (Wildman–Crippen MR) is 117 cm³/mol. The van der Waals surface area contributed by atoms with Crippen molar-refractivity contribution >= 4 is 17.3 Å². The Hall–Kier alpha value is -2.38. The molecule has 1 heterocycles. The number of methoxy groups -OCH3 is 2. The van der Waals surface area contributed by atoms with Crippen LogP contribution in [0.4, 0.5) is 4.39 Å². The fraction of sp³-hybridized carbons (Fsp3) is 0.409. The van der Waals surface area contributed by atoms with Crippen LogP contribution in [0.1, 0.15) is 29.7 Å². The Morgan fingerprint density at radius 3 is 2.62 bits per heavy atom. The van der Waals surface area contributed by atoms with Gasteiger partial charge in [0.25, 0.3) is 0 Å². The van der Waals surface area contributed by atoms with E-state index in [1.54, 1.807) is 26.4 Å². The van der Waals surface area contributed by atoms with Crippen LogP contribution in [0.25, 0.3) is 0 Å². The Labute approximate surface area is 177 Å². The van der Waals surface area contributed by atoms with Gasteiger partial charge in [-0.05, 0) is 66.5 Å². The summed E-state index contributed by atoms with van der Waals surface area (Å²) < 4.78 is 24.7. The van der Waals surface area contributed by atoms with E-state index in [1.807, 2.05) is 13.0 Å². The van der Waals surface area contributed by atoms with Crippen LogP contribution in [0.15, 0.2) is 36.4 Å². The minimum atomic E-state index is -0.214. The number of thiocarbonyl (C=S) groups is 1. The quantitative estimate of drug-likeness (QED) is 0.673. The van der Waals surface area contributed by atoms with Gasteiger partial charge >= 0.3 is 0 Å². The summed E-state index contributed by atoms with van der Waals surface area (Å²) in [7, 11) is 3.29. The van der Waals surface area contributed by atoms with E-state index < -0.39 is 0 Å². The molecule has 1 aliphatic heterocycles. The minimum absolute atomic E-state index is 0.0680. The number of hydrogen-bond acceptors (Lipinski definition) is 4. The normalized spacial score (nSPS) is 16.1. The average Bonchev–Trinajstić information content (AvgIpc) is 2.72. The minimum Gasteiger partial charge on any atom is -0.493 e. The van der Waals surface area contributed by atoms with Crippen molar-refractivity contribution in [3.8, 4) is 11.5 Å². The first-order valence-corrected chi connectivity index (χ1v) is 10.2. The lowest BCUT2D eigenvalue weighted by Gasteiger charge is -2.38. The largest absolute Gasteiger partial charge is 0.493 e. The molecule has 0 fully saturated rings. The van der Waals surface area contributed by atoms with Gasteiger partial charge in [0.2, 0.25) is 0 Å². The summed E-state index contributed by atoms with van der Waals surface area (Å²) >= 11 is 5.36. The highest BCUT2D eigenvalue weighted by molar-refractivity contribution is 7.80. The molecule has 2 N–H and O–H groups in total. The smallest absolute Gasteiger partial charge is 0.166 e. The van der Waals surface area contributed by atoms with E-state index in [0.29, 0.717) is 24.0 Å². The second kappa shape index (κ2) is 9.89. The summed E-state index contributed by atoms with van der Waals surface area (Å²) in [6.45, 7) is 4.94. The molecule has 0 unspecified atom stereocenters. The highest BCUT2D eigenvalue weighted by Gasteiger charge is 2.29. The van der Waals surface area contributed by atoms with E-state index in [0.717, 1.165) is 30.8 Å². The average molecular weight is 418 g/mol. The molecule has 0 aliphatic carbocycles. The van der Waals surface area contributed by atoms with Crippen LogP contribution in [0.5, 0.6) is 11.5 Å². The van der Waals surface area contributed by atoms with E-state index in [9.17, 15) is 4.39 Å². The standard InChI is InChI=1S/C22H28FN3O2S/c1-4-24-22(29)25-13-19-18-12-21(28-3)20(27-2)11-16(18)8-9-26(19)14-15-6-5-7-17(23)10-15/h5-7,10-12,19H,4,8-9,13-14H2,1-3H3,(H2,24,25,29)/t19-/m0/s1. The Bertz CT molecular complexity index is 862. The van der Waals surface area contributed by atoms with Crippen LogP contribution in [0, 0.1) is 5.82 Å². The molecule has 5 nitrogen and oxygen atoms in total. The molecular weight excluding hydrogens is 389 g/mol. The highest BCUT2D eigenvalue weighted by atomic mass is 32.1. The summed E-state index contributed by atoms with van der Waals surface area (Å²) in [6, 6.07) is 11.0. The van der Waals surface area contributed by atoms with Crippen molar-refractivity contribution in [3.63, 3.8) is 0 Å². The molecule has 156 valence electrons. The van der Waals surface area contributed by atoms with Gasteiger partial charge in [0.1, 0.15) is 5.82 Å². The third-order valence-corrected chi connectivity index (χ3v) is 5.47. The first-order valence-electron chi connectivity index (χ1n) is 9.80. The number of rotatable bonds is 7. The number of nitrogens with zero attached hydrogens (tertiary/aromatic N) is 1. The third kappa shape index (κ3) is 5.16. The van der Waals surface area contributed by atoms with E-state index in [4.69, 9.17) is 21.7 Å². The first-order chi connectivity index (χ1) is 14.0. The lowest BCUT2D eigenvalue weighted by molar-refractivity contribution is 0.176. The van der Waals surface area contributed by atoms with E-state index in [2.05, 4.69) is 27.7 Å². The van der Waals surface area contributed by atoms with Gasteiger partial charge in [-0.2, -0.15) is 0 Å². The molecule has 29 heavy (non-hydrogen) atoms. The van der Waals surface area contributed by atoms with Gasteiger partial charge in [-0.25, -0.2) is 4.39 Å². The predicted octanol–water partition coefficient (Wildman–Crippen LogP) is 3.43. The van der Waals surface area contributed by atoms with Gasteiger partial charge < -0.3 is 20.1 Å². The van der Waals surface area contributed by atoms with Crippen LogP contribution >= 0.6 is 12.2 Å². The van der Waals surface area contributed by atoms with Crippen molar-refractivity contribution in [1.82, 2.24) is 15.5 Å². The molecule has 0 spiro atoms. The van der Waals surface area contributed by atoms with E-state index in [1.165, 1.54) is 17.2 Å². The highest BCUT2D eigenvalue weighted by Crippen LogP contribution is 2.38. The Kier molecular flexibility index (Phi) is 7.28. The van der Waals surface area contributed by atoms with Crippen LogP contribution in [-0.2, 0) is 13.0 Å². The number of hydrogen-bond donors (Lipinski definition) is 2. The molecule has 0 amide bonds. The molecule has 7 heteroatoms. The van der Waals surface area contributed by atoms with Gasteiger partial charge in [0.05, 0.1) is 20.3 Å². The van der Waals surface area contributed by atoms with Crippen molar-refractivity contribution in [2.75, 3.05) is 33.9 Å². The second-order valence-corrected chi connectivity index (χ2v) is 7.42. The molecule has 0 bridgehead atoms. The molecule has 0 radical (unpaired) electrons. The molecule has 1 aliphatic rings. The van der Waals surface area contributed by atoms with Gasteiger partial charge in [-0.15, -0.1) is 0 Å². The van der Waals surface area contributed by atoms with Crippen LogP contribution < -0.4 is 20.1 Å². The van der Waals surface area contributed by atoms with Crippen molar-refractivity contribution in [2.24, 2.45) is 0 Å². The Balaban J connectivity index is 1.91. The van der Waals surface area contributed by atoms with Gasteiger partial charge in [-0.3, -0.25) is 4.90 Å². The molecular formula is C22H28FN3O2S. The third-order valence-electron chi connectivity index (χ3n) is 5.18. The molecule has 2 aromatic rings. The molecule has 3 rings (SSSR count). The fourth-order valence-electron chi connectivity index (χ4n) is 3.79. The number of benzene rings is 2. The zero-order chi connectivity index (χ0) is 20.8. The Morgan fingerprint density at radius 2 is 1.93 bits per heavy atom. The van der Waals surface area contributed by atoms with Gasteiger partial charge in [0, 0.05) is 26.2 Å². The fourth-order valence-corrected chi connectivity index (χ4v) is 4.02. The lowest BCUT2D eigenvalue weighted by Crippen LogP contribution is -2.44. The lowest BCUT2D eigenvalue weighted by atomic mass is 9.91. The zero-order valence-corrected chi connectivity index (χ0v) is 17.9. The summed E-state index contributed by atoms with van der Waals surface area (Å²) in [5.41, 5.74) is 3.37. The summed E-state index contributed by atoms with van der Waals surface area (Å²) in [5.74, 6) is 1.23. The maximum absolute atomic E-state index is 13.7. The maximum atomic E-state index is 13.7. The summed E-state index contributed by atoms with van der Waals surface area (Å²) in [6.07, 6.45) is 0.888. The van der Waals surface area contributed by atoms with E-state index >= 15 is 0 Å². The van der Waals surface area contributed by atoms with Crippen molar-refractivity contribution in [1.29, 1.82) is 0 Å². The topological polar surface area (TPSA) is 45.8 Å². The Morgan fingerprint density at radius 1 is 1.17 bits per heavy atom. The molecule has 2 aromatic carbocycles. The van der Waals surface area contributed by atoms with Gasteiger partial charge in [-0.1, -0.05) is 12.1 Å². The summed E-state index contributed by atoms with van der Waals surface area (Å²) in [5, 5.41) is 7.08. The van der Waals surface area contributed by atoms with Crippen LogP contribution in [-0.4, -0.2) is 43.9 Å². The first kappa shape index (κ1) is 21.3. The molecule has 0 saturated carbocycles. The number of halogens is 1. The number of nitrogens with one attached hydrogen (secondary N) is 2. The van der Waals surface area contributed by atoms with Gasteiger partial charge in [0.15, 0.2) is 16.6 Å². The monoisotopic (exact) mass is 417 g/mol. The second-order valence-electron chi connectivity index (χ2n) is 7.01. The van der Waals surface area contributed by atoms with E-state index in [-0.39, 0.29) is 11.9 Å². The van der Waals surface area contributed by atoms with Crippen molar-refractivity contribution in [3.05, 3.63) is 58.9 Å². The van der Waals surface area contributed by atoms with Crippen LogP contribution in [0.2, 0.25) is 0 Å². The van der Waals surface area contributed by atoms with Crippen molar-refractivity contribution in [2.45, 2.75) is 25.9 Å². The molecule has 0 saturated heterocycles. The molecule has 1 atom stereocenters. The maximum Gasteiger partial charge on any atom is 0.166 e. The van der Waals surface area contributed by atoms with Crippen molar-refractivity contribution < 1.29 is 13.9 Å². The SMILES string of the molecule is CCNC(=S)NC[C@H]1c2cc(OC)c(OC)cc2CCN1Cc1cccc(F)c1. The molecule has 0 aromatic heterocycles. The zero-order valence-electron chi connectivity index (χ0n) is 17.1. The number of fused-ring (bicyclic) bond motifs is 1. The number of ether oxygens (including phenoxy) is 2. The summed E-state index contributed by atoms with van der Waals surface area (Å²) in [4.78, 5) is 2.35. The van der Waals surface area contributed by atoms with Crippen LogP contribution in [0.3, 0.4) is 0 Å².